The second-order valence-electron chi connectivity index (χ2n) is 17.0. The number of rotatable bonds is 1. The third kappa shape index (κ3) is 3.31. The zero-order chi connectivity index (χ0) is 27.7. The minimum Gasteiger partial charge on any atom is -0.469 e. The lowest BCUT2D eigenvalue weighted by atomic mass is 9.33. The molecular formula is C34H54O4. The number of carbonyl (C=O) groups excluding carboxylic acids is 1. The van der Waals surface area contributed by atoms with Gasteiger partial charge in [-0.05, 0) is 116 Å². The van der Waals surface area contributed by atoms with Crippen molar-refractivity contribution in [3.63, 3.8) is 0 Å². The van der Waals surface area contributed by atoms with Crippen LogP contribution in [0.1, 0.15) is 120 Å². The summed E-state index contributed by atoms with van der Waals surface area (Å²) in [5, 5.41) is 0. The molecule has 6 aliphatic rings. The van der Waals surface area contributed by atoms with Gasteiger partial charge in [0.2, 0.25) is 0 Å². The van der Waals surface area contributed by atoms with Gasteiger partial charge in [-0.15, -0.1) is 0 Å². The molecular weight excluding hydrogens is 472 g/mol. The molecule has 4 nitrogen and oxygen atoms in total. The van der Waals surface area contributed by atoms with Gasteiger partial charge in [-0.2, -0.15) is 0 Å². The van der Waals surface area contributed by atoms with Crippen molar-refractivity contribution in [3.8, 4) is 0 Å². The molecule has 0 N–H and O–H groups in total. The zero-order valence-corrected chi connectivity index (χ0v) is 26.0. The van der Waals surface area contributed by atoms with E-state index >= 15 is 0 Å². The summed E-state index contributed by atoms with van der Waals surface area (Å²) in [5.74, 6) is 1.08. The number of hydrogen-bond donors (Lipinski definition) is 0. The van der Waals surface area contributed by atoms with Crippen molar-refractivity contribution in [3.05, 3.63) is 11.6 Å². The van der Waals surface area contributed by atoms with E-state index in [1.807, 2.05) is 0 Å². The van der Waals surface area contributed by atoms with Crippen molar-refractivity contribution in [1.82, 2.24) is 0 Å². The van der Waals surface area contributed by atoms with E-state index in [2.05, 4.69) is 68.4 Å². The van der Waals surface area contributed by atoms with E-state index in [1.165, 1.54) is 12.8 Å². The number of methoxy groups -OCH3 is 1. The van der Waals surface area contributed by atoms with Crippen molar-refractivity contribution in [2.24, 2.45) is 50.2 Å². The first kappa shape index (κ1) is 27.3. The Bertz CT molecular complexity index is 1050. The quantitative estimate of drug-likeness (QED) is 0.256. The van der Waals surface area contributed by atoms with Crippen LogP contribution < -0.4 is 0 Å². The van der Waals surface area contributed by atoms with Gasteiger partial charge in [-0.1, -0.05) is 60.1 Å². The van der Waals surface area contributed by atoms with Gasteiger partial charge in [0.15, 0.2) is 5.79 Å². The Morgan fingerprint density at radius 1 is 0.868 bits per heavy atom. The molecule has 1 aliphatic heterocycles. The van der Waals surface area contributed by atoms with Crippen LogP contribution in [-0.2, 0) is 19.0 Å². The van der Waals surface area contributed by atoms with Crippen LogP contribution in [0.25, 0.3) is 0 Å². The molecule has 9 unspecified atom stereocenters. The van der Waals surface area contributed by atoms with E-state index in [-0.39, 0.29) is 50.7 Å². The first-order chi connectivity index (χ1) is 17.5. The molecule has 0 bridgehead atoms. The lowest BCUT2D eigenvalue weighted by molar-refractivity contribution is -0.213. The maximum absolute atomic E-state index is 13.5. The maximum Gasteiger partial charge on any atom is 0.312 e. The molecule has 0 aromatic heterocycles. The van der Waals surface area contributed by atoms with Crippen LogP contribution in [0.4, 0.5) is 0 Å². The maximum atomic E-state index is 13.5. The molecule has 38 heavy (non-hydrogen) atoms. The largest absolute Gasteiger partial charge is 0.469 e. The number of fused-ring (bicyclic) bond motifs is 8. The van der Waals surface area contributed by atoms with E-state index < -0.39 is 5.79 Å². The standard InChI is InChI=1S/C34H54O4/c1-28(2)15-17-34(27(35)36-10)18-16-32(8)21(22(34)19-28)11-12-25-31(7)20-23-26(38-30(5,6)37-23)29(3,4)24(31)13-14-33(25,32)9/h11,22-26H,12-20H2,1-10H3. The summed E-state index contributed by atoms with van der Waals surface area (Å²) >= 11 is 0. The fraction of sp³-hybridized carbons (Fsp3) is 0.912. The molecule has 4 heteroatoms. The summed E-state index contributed by atoms with van der Waals surface area (Å²) in [5.41, 5.74) is 2.15. The summed E-state index contributed by atoms with van der Waals surface area (Å²) in [6.45, 7) is 21.8. The molecule has 0 aromatic rings. The molecule has 6 rings (SSSR count). The SMILES string of the molecule is COC(=O)C12CCC(C)(C)CC1C1=CCC3C4(C)CC5OC(C)(C)OC5C(C)(C)C4CCC3(C)C1(C)CC2. The van der Waals surface area contributed by atoms with Gasteiger partial charge in [0.05, 0.1) is 24.7 Å². The van der Waals surface area contributed by atoms with Crippen molar-refractivity contribution >= 4 is 5.97 Å². The Morgan fingerprint density at radius 2 is 1.55 bits per heavy atom. The topological polar surface area (TPSA) is 44.8 Å². The predicted octanol–water partition coefficient (Wildman–Crippen LogP) is 8.09. The molecule has 0 spiro atoms. The monoisotopic (exact) mass is 526 g/mol. The molecule has 4 saturated carbocycles. The normalized spacial score (nSPS) is 51.8. The lowest BCUT2D eigenvalue weighted by Gasteiger charge is -2.71. The first-order valence-electron chi connectivity index (χ1n) is 15.6. The van der Waals surface area contributed by atoms with Crippen LogP contribution in [0.3, 0.4) is 0 Å². The molecule has 0 amide bonds. The fourth-order valence-corrected chi connectivity index (χ4v) is 11.9. The van der Waals surface area contributed by atoms with E-state index in [4.69, 9.17) is 14.2 Å². The van der Waals surface area contributed by atoms with E-state index in [9.17, 15) is 4.79 Å². The molecule has 5 aliphatic carbocycles. The van der Waals surface area contributed by atoms with E-state index in [0.29, 0.717) is 17.8 Å². The molecule has 9 atom stereocenters. The smallest absolute Gasteiger partial charge is 0.312 e. The van der Waals surface area contributed by atoms with Crippen LogP contribution in [-0.4, -0.2) is 31.1 Å². The van der Waals surface area contributed by atoms with Gasteiger partial charge in [-0.25, -0.2) is 0 Å². The number of allylic oxidation sites excluding steroid dienone is 2. The third-order valence-corrected chi connectivity index (χ3v) is 14.0. The molecule has 0 aromatic carbocycles. The summed E-state index contributed by atoms with van der Waals surface area (Å²) in [6, 6.07) is 0. The van der Waals surface area contributed by atoms with Crippen molar-refractivity contribution in [2.75, 3.05) is 7.11 Å². The second kappa shape index (κ2) is 7.90. The summed E-state index contributed by atoms with van der Waals surface area (Å²) < 4.78 is 18.7. The van der Waals surface area contributed by atoms with Crippen LogP contribution in [0.15, 0.2) is 11.6 Å². The van der Waals surface area contributed by atoms with Crippen LogP contribution in [0.5, 0.6) is 0 Å². The highest BCUT2D eigenvalue weighted by Gasteiger charge is 2.71. The second-order valence-corrected chi connectivity index (χ2v) is 17.0. The molecule has 1 saturated heterocycles. The van der Waals surface area contributed by atoms with Gasteiger partial charge in [-0.3, -0.25) is 4.79 Å². The molecule has 0 radical (unpaired) electrons. The average molecular weight is 527 g/mol. The van der Waals surface area contributed by atoms with Crippen LogP contribution >= 0.6 is 0 Å². The minimum atomic E-state index is -0.500. The Labute approximate surface area is 232 Å². The molecule has 1 heterocycles. The Morgan fingerprint density at radius 3 is 2.24 bits per heavy atom. The summed E-state index contributed by atoms with van der Waals surface area (Å²) in [7, 11) is 1.60. The minimum absolute atomic E-state index is 0.0463. The van der Waals surface area contributed by atoms with Crippen molar-refractivity contribution in [2.45, 2.75) is 138 Å². The van der Waals surface area contributed by atoms with Gasteiger partial charge < -0.3 is 14.2 Å². The predicted molar refractivity (Wildman–Crippen MR) is 150 cm³/mol. The molecule has 5 fully saturated rings. The van der Waals surface area contributed by atoms with Gasteiger partial charge in [0, 0.05) is 0 Å². The highest BCUT2D eigenvalue weighted by Crippen LogP contribution is 2.76. The Balaban J connectivity index is 1.43. The van der Waals surface area contributed by atoms with E-state index in [1.54, 1.807) is 12.7 Å². The highest BCUT2D eigenvalue weighted by atomic mass is 16.8. The Kier molecular flexibility index (Phi) is 5.68. The Hall–Kier alpha value is -0.870. The summed E-state index contributed by atoms with van der Waals surface area (Å²) in [4.78, 5) is 13.5. The van der Waals surface area contributed by atoms with Gasteiger partial charge in [0.1, 0.15) is 0 Å². The van der Waals surface area contributed by atoms with Crippen LogP contribution in [0.2, 0.25) is 0 Å². The average Bonchev–Trinajstić information content (AvgIpc) is 3.13. The van der Waals surface area contributed by atoms with Crippen molar-refractivity contribution < 1.29 is 19.0 Å². The third-order valence-electron chi connectivity index (χ3n) is 14.0. The van der Waals surface area contributed by atoms with E-state index in [0.717, 1.165) is 44.9 Å². The lowest BCUT2D eigenvalue weighted by Crippen LogP contribution is -2.66. The van der Waals surface area contributed by atoms with Gasteiger partial charge in [0.25, 0.3) is 0 Å². The first-order valence-corrected chi connectivity index (χ1v) is 15.6. The summed E-state index contributed by atoms with van der Waals surface area (Å²) in [6.07, 6.45) is 13.0. The molecule has 214 valence electrons. The van der Waals surface area contributed by atoms with Crippen molar-refractivity contribution in [1.29, 1.82) is 0 Å². The number of carbonyl (C=O) groups is 1. The zero-order valence-electron chi connectivity index (χ0n) is 26.0. The van der Waals surface area contributed by atoms with Gasteiger partial charge >= 0.3 is 5.97 Å². The highest BCUT2D eigenvalue weighted by molar-refractivity contribution is 5.78. The van der Waals surface area contributed by atoms with Crippen LogP contribution in [0, 0.1) is 50.2 Å². The fourth-order valence-electron chi connectivity index (χ4n) is 11.9. The number of hydrogen-bond acceptors (Lipinski definition) is 4. The number of esters is 1. The number of ether oxygens (including phenoxy) is 3.